The van der Waals surface area contributed by atoms with Gasteiger partial charge in [0, 0.05) is 17.6 Å². The number of carbonyl (C=O) groups excluding carboxylic acids is 1. The van der Waals surface area contributed by atoms with E-state index in [1.54, 1.807) is 0 Å². The van der Waals surface area contributed by atoms with E-state index in [1.165, 1.54) is 36.5 Å². The number of sulfonamides is 1. The number of hydrogen-bond acceptors (Lipinski definition) is 4. The van der Waals surface area contributed by atoms with Gasteiger partial charge in [0.2, 0.25) is 10.0 Å². The fourth-order valence-corrected chi connectivity index (χ4v) is 2.16. The summed E-state index contributed by atoms with van der Waals surface area (Å²) in [6.45, 7) is 0. The number of nitrogens with zero attached hydrogens (tertiary/aromatic N) is 1. The van der Waals surface area contributed by atoms with Crippen LogP contribution in [0.1, 0.15) is 10.4 Å². The first kappa shape index (κ1) is 14.9. The maximum Gasteiger partial charge on any atom is 0.258 e. The average Bonchev–Trinajstić information content (AvgIpc) is 2.40. The molecule has 2 aromatic rings. The molecule has 1 aromatic heterocycles. The second-order valence-corrected chi connectivity index (χ2v) is 6.01. The van der Waals surface area contributed by atoms with Crippen LogP contribution in [-0.2, 0) is 10.0 Å². The van der Waals surface area contributed by atoms with E-state index in [4.69, 9.17) is 0 Å². The quantitative estimate of drug-likeness (QED) is 0.902. The number of rotatable bonds is 4. The third kappa shape index (κ3) is 4.25. The van der Waals surface area contributed by atoms with Crippen LogP contribution >= 0.6 is 0 Å². The van der Waals surface area contributed by atoms with Gasteiger partial charge in [0.25, 0.3) is 5.91 Å². The Morgan fingerprint density at radius 1 is 1.14 bits per heavy atom. The minimum absolute atomic E-state index is 0.122. The smallest absolute Gasteiger partial charge is 0.258 e. The Kier molecular flexibility index (Phi) is 4.18. The molecular weight excluding hydrogens is 297 g/mol. The number of carbonyl (C=O) groups is 1. The number of benzene rings is 1. The van der Waals surface area contributed by atoms with Crippen LogP contribution in [0.5, 0.6) is 0 Å². The number of anilines is 2. The van der Waals surface area contributed by atoms with Crippen molar-refractivity contribution >= 4 is 27.3 Å². The first-order valence-electron chi connectivity index (χ1n) is 5.84. The summed E-state index contributed by atoms with van der Waals surface area (Å²) >= 11 is 0. The monoisotopic (exact) mass is 309 g/mol. The highest BCUT2D eigenvalue weighted by Gasteiger charge is 2.11. The van der Waals surface area contributed by atoms with Crippen molar-refractivity contribution in [3.63, 3.8) is 0 Å². The van der Waals surface area contributed by atoms with Crippen molar-refractivity contribution in [2.45, 2.75) is 0 Å². The fraction of sp³-hybridized carbons (Fsp3) is 0.0769. The molecule has 1 aromatic carbocycles. The number of aromatic nitrogens is 1. The molecule has 8 heteroatoms. The Bertz CT molecular complexity index is 760. The van der Waals surface area contributed by atoms with E-state index in [0.717, 1.165) is 12.5 Å². The van der Waals surface area contributed by atoms with Gasteiger partial charge in [0.05, 0.1) is 18.0 Å². The Hall–Kier alpha value is -2.48. The van der Waals surface area contributed by atoms with Crippen molar-refractivity contribution < 1.29 is 17.6 Å². The molecule has 0 aliphatic heterocycles. The zero-order chi connectivity index (χ0) is 15.5. The molecule has 1 heterocycles. The minimum atomic E-state index is -3.36. The van der Waals surface area contributed by atoms with Gasteiger partial charge in [0.15, 0.2) is 5.82 Å². The molecular formula is C13H12FN3O3S. The second kappa shape index (κ2) is 5.88. The van der Waals surface area contributed by atoms with Crippen LogP contribution < -0.4 is 10.0 Å². The Balaban J connectivity index is 2.10. The van der Waals surface area contributed by atoms with Crippen molar-refractivity contribution in [3.8, 4) is 0 Å². The van der Waals surface area contributed by atoms with Gasteiger partial charge in [-0.2, -0.15) is 0 Å². The van der Waals surface area contributed by atoms with E-state index in [0.29, 0.717) is 11.4 Å². The summed E-state index contributed by atoms with van der Waals surface area (Å²) in [6.07, 6.45) is 3.31. The van der Waals surface area contributed by atoms with Crippen LogP contribution in [0.25, 0.3) is 0 Å². The molecule has 0 unspecified atom stereocenters. The van der Waals surface area contributed by atoms with Crippen molar-refractivity contribution in [3.05, 3.63) is 54.1 Å². The molecule has 0 radical (unpaired) electrons. The fourth-order valence-electron chi connectivity index (χ4n) is 1.59. The zero-order valence-electron chi connectivity index (χ0n) is 11.0. The lowest BCUT2D eigenvalue weighted by Crippen LogP contribution is -2.14. The van der Waals surface area contributed by atoms with Crippen LogP contribution in [-0.4, -0.2) is 25.6 Å². The molecule has 0 aliphatic rings. The van der Waals surface area contributed by atoms with Gasteiger partial charge in [-0.05, 0) is 30.3 Å². The third-order valence-corrected chi connectivity index (χ3v) is 3.07. The largest absolute Gasteiger partial charge is 0.322 e. The van der Waals surface area contributed by atoms with Gasteiger partial charge in [-0.1, -0.05) is 0 Å². The number of amides is 1. The lowest BCUT2D eigenvalue weighted by atomic mass is 10.2. The van der Waals surface area contributed by atoms with E-state index >= 15 is 0 Å². The summed E-state index contributed by atoms with van der Waals surface area (Å²) in [5.74, 6) is -1.33. The van der Waals surface area contributed by atoms with Gasteiger partial charge in [-0.15, -0.1) is 0 Å². The van der Waals surface area contributed by atoms with Crippen molar-refractivity contribution in [1.29, 1.82) is 0 Å². The van der Waals surface area contributed by atoms with Crippen molar-refractivity contribution in [2.24, 2.45) is 0 Å². The van der Waals surface area contributed by atoms with Crippen molar-refractivity contribution in [1.82, 2.24) is 4.98 Å². The molecule has 110 valence electrons. The molecule has 0 spiro atoms. The summed E-state index contributed by atoms with van der Waals surface area (Å²) in [4.78, 5) is 15.4. The first-order chi connectivity index (χ1) is 9.85. The highest BCUT2D eigenvalue weighted by atomic mass is 32.2. The van der Waals surface area contributed by atoms with Crippen LogP contribution in [0.3, 0.4) is 0 Å². The summed E-state index contributed by atoms with van der Waals surface area (Å²) in [6, 6.07) is 7.25. The molecule has 2 N–H and O–H groups in total. The predicted octanol–water partition coefficient (Wildman–Crippen LogP) is 1.84. The molecule has 0 bridgehead atoms. The highest BCUT2D eigenvalue weighted by Crippen LogP contribution is 2.16. The SMILES string of the molecule is CS(=O)(=O)Nc1ccc(NC(=O)c2ccncc2F)cc1. The molecule has 21 heavy (non-hydrogen) atoms. The molecule has 1 amide bonds. The summed E-state index contributed by atoms with van der Waals surface area (Å²) in [5, 5.41) is 2.51. The maximum atomic E-state index is 13.4. The maximum absolute atomic E-state index is 13.4. The average molecular weight is 309 g/mol. The van der Waals surface area contributed by atoms with Gasteiger partial charge in [-0.25, -0.2) is 12.8 Å². The van der Waals surface area contributed by atoms with E-state index in [2.05, 4.69) is 15.0 Å². The Morgan fingerprint density at radius 2 is 1.76 bits per heavy atom. The van der Waals surface area contributed by atoms with Crippen LogP contribution in [0.15, 0.2) is 42.7 Å². The zero-order valence-corrected chi connectivity index (χ0v) is 11.8. The highest BCUT2D eigenvalue weighted by molar-refractivity contribution is 7.92. The van der Waals surface area contributed by atoms with E-state index in [-0.39, 0.29) is 5.56 Å². The Labute approximate surface area is 121 Å². The number of pyridine rings is 1. The van der Waals surface area contributed by atoms with Crippen molar-refractivity contribution in [2.75, 3.05) is 16.3 Å². The number of hydrogen-bond donors (Lipinski definition) is 2. The van der Waals surface area contributed by atoms with Gasteiger partial charge in [-0.3, -0.25) is 14.5 Å². The molecule has 0 aliphatic carbocycles. The second-order valence-electron chi connectivity index (χ2n) is 4.26. The summed E-state index contributed by atoms with van der Waals surface area (Å²) in [7, 11) is -3.36. The van der Waals surface area contributed by atoms with Crippen LogP contribution in [0.4, 0.5) is 15.8 Å². The predicted molar refractivity (Wildman–Crippen MR) is 77.1 cm³/mol. The standard InChI is InChI=1S/C13H12FN3O3S/c1-21(19,20)17-10-4-2-9(3-5-10)16-13(18)11-6-7-15-8-12(11)14/h2-8,17H,1H3,(H,16,18). The minimum Gasteiger partial charge on any atom is -0.322 e. The lowest BCUT2D eigenvalue weighted by molar-refractivity contribution is 0.102. The van der Waals surface area contributed by atoms with E-state index < -0.39 is 21.7 Å². The summed E-state index contributed by atoms with van der Waals surface area (Å²) < 4.78 is 37.8. The number of nitrogens with one attached hydrogen (secondary N) is 2. The third-order valence-electron chi connectivity index (χ3n) is 2.46. The molecule has 0 fully saturated rings. The normalized spacial score (nSPS) is 11.0. The molecule has 6 nitrogen and oxygen atoms in total. The van der Waals surface area contributed by atoms with Crippen LogP contribution in [0, 0.1) is 5.82 Å². The lowest BCUT2D eigenvalue weighted by Gasteiger charge is -2.07. The Morgan fingerprint density at radius 3 is 2.33 bits per heavy atom. The van der Waals surface area contributed by atoms with E-state index in [9.17, 15) is 17.6 Å². The summed E-state index contributed by atoms with van der Waals surface area (Å²) in [5.41, 5.74) is 0.657. The molecule has 2 rings (SSSR count). The van der Waals surface area contributed by atoms with Gasteiger partial charge >= 0.3 is 0 Å². The topological polar surface area (TPSA) is 88.2 Å². The first-order valence-corrected chi connectivity index (χ1v) is 7.73. The van der Waals surface area contributed by atoms with Gasteiger partial charge < -0.3 is 5.32 Å². The molecule has 0 saturated heterocycles. The van der Waals surface area contributed by atoms with Gasteiger partial charge in [0.1, 0.15) is 0 Å². The molecule has 0 atom stereocenters. The molecule has 0 saturated carbocycles. The van der Waals surface area contributed by atoms with E-state index in [1.807, 2.05) is 0 Å². The van der Waals surface area contributed by atoms with Crippen LogP contribution in [0.2, 0.25) is 0 Å². The number of halogens is 1.